The van der Waals surface area contributed by atoms with Gasteiger partial charge in [-0.1, -0.05) is 54.7 Å². The van der Waals surface area contributed by atoms with Gasteiger partial charge in [-0.2, -0.15) is 0 Å². The lowest BCUT2D eigenvalue weighted by molar-refractivity contribution is 0.0985. The predicted molar refractivity (Wildman–Crippen MR) is 130 cm³/mol. The van der Waals surface area contributed by atoms with Crippen LogP contribution in [-0.4, -0.2) is 43.0 Å². The van der Waals surface area contributed by atoms with Crippen LogP contribution in [-0.2, 0) is 6.42 Å². The summed E-state index contributed by atoms with van der Waals surface area (Å²) in [6, 6.07) is 20.4. The summed E-state index contributed by atoms with van der Waals surface area (Å²) >= 11 is 1.59. The molecule has 4 nitrogen and oxygen atoms in total. The van der Waals surface area contributed by atoms with Gasteiger partial charge in [-0.15, -0.1) is 12.4 Å². The molecule has 0 spiro atoms. The molecule has 0 radical (unpaired) electrons. The summed E-state index contributed by atoms with van der Waals surface area (Å²) in [5.41, 5.74) is 2.92. The molecule has 0 aliphatic heterocycles. The molecule has 156 valence electrons. The van der Waals surface area contributed by atoms with E-state index in [0.717, 1.165) is 39.1 Å². The molecular weight excluding hydrogens is 414 g/mol. The van der Waals surface area contributed by atoms with E-state index in [0.29, 0.717) is 12.1 Å². The summed E-state index contributed by atoms with van der Waals surface area (Å²) < 4.78 is 1.13. The van der Waals surface area contributed by atoms with Crippen LogP contribution < -0.4 is 4.90 Å². The fraction of sp³-hybridized carbons (Fsp3) is 0.250. The second-order valence-corrected chi connectivity index (χ2v) is 8.48. The molecule has 3 aromatic carbocycles. The SMILES string of the molecule is CCc1ccc2nc(N(CCN(C)C)C(=O)c3ccc4ccccc4c3)sc2c1.Cl. The molecule has 0 atom stereocenters. The smallest absolute Gasteiger partial charge is 0.260 e. The highest BCUT2D eigenvalue weighted by Gasteiger charge is 2.21. The van der Waals surface area contributed by atoms with Crippen molar-refractivity contribution >= 4 is 55.8 Å². The second-order valence-electron chi connectivity index (χ2n) is 7.47. The molecule has 0 saturated carbocycles. The van der Waals surface area contributed by atoms with E-state index in [1.165, 1.54) is 5.56 Å². The van der Waals surface area contributed by atoms with Crippen LogP contribution in [0, 0.1) is 0 Å². The lowest BCUT2D eigenvalue weighted by Gasteiger charge is -2.22. The van der Waals surface area contributed by atoms with Gasteiger partial charge in [-0.3, -0.25) is 9.69 Å². The van der Waals surface area contributed by atoms with Crippen molar-refractivity contribution in [2.24, 2.45) is 0 Å². The van der Waals surface area contributed by atoms with Crippen LogP contribution in [0.1, 0.15) is 22.8 Å². The largest absolute Gasteiger partial charge is 0.308 e. The highest BCUT2D eigenvalue weighted by Crippen LogP contribution is 2.31. The number of anilines is 1. The van der Waals surface area contributed by atoms with Crippen LogP contribution in [0.2, 0.25) is 0 Å². The minimum Gasteiger partial charge on any atom is -0.308 e. The van der Waals surface area contributed by atoms with Crippen molar-refractivity contribution in [1.29, 1.82) is 0 Å². The average molecular weight is 440 g/mol. The number of carbonyl (C=O) groups excluding carboxylic acids is 1. The molecule has 0 bridgehead atoms. The Bertz CT molecular complexity index is 1170. The van der Waals surface area contributed by atoms with E-state index < -0.39 is 0 Å². The van der Waals surface area contributed by atoms with Crippen molar-refractivity contribution in [3.05, 3.63) is 71.8 Å². The van der Waals surface area contributed by atoms with Gasteiger partial charge >= 0.3 is 0 Å². The molecule has 0 fully saturated rings. The number of nitrogens with zero attached hydrogens (tertiary/aromatic N) is 3. The Kier molecular flexibility index (Phi) is 7.08. The molecule has 4 aromatic rings. The minimum atomic E-state index is -0.00706. The van der Waals surface area contributed by atoms with Crippen LogP contribution >= 0.6 is 23.7 Å². The van der Waals surface area contributed by atoms with E-state index in [1.54, 1.807) is 11.3 Å². The molecule has 0 saturated heterocycles. The Morgan fingerprint density at radius 2 is 1.73 bits per heavy atom. The first-order chi connectivity index (χ1) is 14.0. The number of carbonyl (C=O) groups is 1. The van der Waals surface area contributed by atoms with E-state index >= 15 is 0 Å². The van der Waals surface area contributed by atoms with Gasteiger partial charge in [-0.25, -0.2) is 4.98 Å². The van der Waals surface area contributed by atoms with Crippen molar-refractivity contribution in [3.8, 4) is 0 Å². The first-order valence-electron chi connectivity index (χ1n) is 9.90. The van der Waals surface area contributed by atoms with Crippen LogP contribution in [0.4, 0.5) is 5.13 Å². The summed E-state index contributed by atoms with van der Waals surface area (Å²) in [7, 11) is 4.04. The van der Waals surface area contributed by atoms with Crippen molar-refractivity contribution in [2.45, 2.75) is 13.3 Å². The van der Waals surface area contributed by atoms with Gasteiger partial charge in [0, 0.05) is 18.7 Å². The van der Waals surface area contributed by atoms with E-state index in [1.807, 2.05) is 55.4 Å². The highest BCUT2D eigenvalue weighted by atomic mass is 35.5. The van der Waals surface area contributed by atoms with Crippen LogP contribution in [0.5, 0.6) is 0 Å². The number of rotatable bonds is 6. The summed E-state index contributed by atoms with van der Waals surface area (Å²) in [4.78, 5) is 22.2. The maximum atomic E-state index is 13.5. The molecule has 6 heteroatoms. The number of amides is 1. The molecule has 1 amide bonds. The lowest BCUT2D eigenvalue weighted by Crippen LogP contribution is -2.36. The third-order valence-electron chi connectivity index (χ3n) is 5.09. The Hall–Kier alpha value is -2.47. The van der Waals surface area contributed by atoms with Gasteiger partial charge in [0.05, 0.1) is 10.2 Å². The molecule has 1 aromatic heterocycles. The van der Waals surface area contributed by atoms with Gasteiger partial charge in [-0.05, 0) is 61.1 Å². The molecule has 4 rings (SSSR count). The predicted octanol–water partition coefficient (Wildman–Crippen LogP) is 5.64. The summed E-state index contributed by atoms with van der Waals surface area (Å²) in [6.07, 6.45) is 0.990. The topological polar surface area (TPSA) is 36.4 Å². The maximum Gasteiger partial charge on any atom is 0.260 e. The first-order valence-corrected chi connectivity index (χ1v) is 10.7. The molecule has 0 aliphatic carbocycles. The molecular formula is C24H26ClN3OS. The van der Waals surface area contributed by atoms with Crippen molar-refractivity contribution < 1.29 is 4.79 Å². The van der Waals surface area contributed by atoms with Crippen LogP contribution in [0.3, 0.4) is 0 Å². The molecule has 0 unspecified atom stereocenters. The molecule has 1 heterocycles. The quantitative estimate of drug-likeness (QED) is 0.390. The number of benzene rings is 3. The van der Waals surface area contributed by atoms with Crippen LogP contribution in [0.15, 0.2) is 60.7 Å². The Balaban J connectivity index is 0.00000256. The van der Waals surface area contributed by atoms with E-state index in [4.69, 9.17) is 4.98 Å². The van der Waals surface area contributed by atoms with Gasteiger partial charge in [0.2, 0.25) is 0 Å². The van der Waals surface area contributed by atoms with Crippen molar-refractivity contribution in [2.75, 3.05) is 32.1 Å². The number of hydrogen-bond acceptors (Lipinski definition) is 4. The third kappa shape index (κ3) is 4.64. The molecule has 30 heavy (non-hydrogen) atoms. The van der Waals surface area contributed by atoms with Gasteiger partial charge in [0.25, 0.3) is 5.91 Å². The normalized spacial score (nSPS) is 11.1. The molecule has 0 aliphatic rings. The standard InChI is InChI=1S/C24H25N3OS.ClH/c1-4-17-9-12-21-22(15-17)29-24(25-21)27(14-13-26(2)3)23(28)20-11-10-18-7-5-6-8-19(18)16-20;/h5-12,15-16H,4,13-14H2,1-3H3;1H. The first kappa shape index (κ1) is 22.2. The number of aryl methyl sites for hydroxylation is 1. The van der Waals surface area contributed by atoms with E-state index in [2.05, 4.69) is 36.1 Å². The fourth-order valence-electron chi connectivity index (χ4n) is 3.35. The Labute approximate surface area is 187 Å². The second kappa shape index (κ2) is 9.56. The number of thiazole rings is 1. The average Bonchev–Trinajstić information content (AvgIpc) is 3.15. The highest BCUT2D eigenvalue weighted by molar-refractivity contribution is 7.22. The van der Waals surface area contributed by atoms with Crippen molar-refractivity contribution in [1.82, 2.24) is 9.88 Å². The maximum absolute atomic E-state index is 13.5. The summed E-state index contributed by atoms with van der Waals surface area (Å²) in [5.74, 6) is -0.00706. The zero-order valence-electron chi connectivity index (χ0n) is 17.5. The van der Waals surface area contributed by atoms with E-state index in [9.17, 15) is 4.79 Å². The Morgan fingerprint density at radius 3 is 2.47 bits per heavy atom. The number of hydrogen-bond donors (Lipinski definition) is 0. The number of aromatic nitrogens is 1. The van der Waals surface area contributed by atoms with Gasteiger partial charge < -0.3 is 4.90 Å². The fourth-order valence-corrected chi connectivity index (χ4v) is 4.41. The number of likely N-dealkylation sites (N-methyl/N-ethyl adjacent to an activating group) is 1. The summed E-state index contributed by atoms with van der Waals surface area (Å²) in [6.45, 7) is 3.52. The molecule has 0 N–H and O–H groups in total. The van der Waals surface area contributed by atoms with Gasteiger partial charge in [0.15, 0.2) is 5.13 Å². The van der Waals surface area contributed by atoms with E-state index in [-0.39, 0.29) is 18.3 Å². The monoisotopic (exact) mass is 439 g/mol. The summed E-state index contributed by atoms with van der Waals surface area (Å²) in [5, 5.41) is 2.96. The van der Waals surface area contributed by atoms with Crippen LogP contribution in [0.25, 0.3) is 21.0 Å². The minimum absolute atomic E-state index is 0. The zero-order valence-corrected chi connectivity index (χ0v) is 19.1. The zero-order chi connectivity index (χ0) is 20.4. The Morgan fingerprint density at radius 1 is 0.967 bits per heavy atom. The number of fused-ring (bicyclic) bond motifs is 2. The van der Waals surface area contributed by atoms with Crippen molar-refractivity contribution in [3.63, 3.8) is 0 Å². The number of halogens is 1. The third-order valence-corrected chi connectivity index (χ3v) is 6.13. The van der Waals surface area contributed by atoms with Gasteiger partial charge in [0.1, 0.15) is 0 Å². The lowest BCUT2D eigenvalue weighted by atomic mass is 10.1.